The van der Waals surface area contributed by atoms with E-state index in [0.717, 1.165) is 11.4 Å². The molecule has 19 heavy (non-hydrogen) atoms. The van der Waals surface area contributed by atoms with Crippen LogP contribution in [-0.2, 0) is 0 Å². The highest BCUT2D eigenvalue weighted by Crippen LogP contribution is 2.29. The summed E-state index contributed by atoms with van der Waals surface area (Å²) in [5, 5.41) is 4.16. The van der Waals surface area contributed by atoms with Gasteiger partial charge in [0.05, 0.1) is 22.4 Å². The van der Waals surface area contributed by atoms with Gasteiger partial charge < -0.3 is 5.32 Å². The minimum atomic E-state index is 0.0543. The summed E-state index contributed by atoms with van der Waals surface area (Å²) in [6.07, 6.45) is 3.72. The molecule has 0 saturated heterocycles. The largest absolute Gasteiger partial charge is 0.375 e. The number of hydrogen-bond acceptors (Lipinski definition) is 2. The Bertz CT molecular complexity index is 539. The van der Waals surface area contributed by atoms with Crippen molar-refractivity contribution >= 4 is 17.3 Å². The molecule has 0 spiro atoms. The highest BCUT2D eigenvalue weighted by atomic mass is 35.5. The molecule has 2 aromatic rings. The van der Waals surface area contributed by atoms with Gasteiger partial charge in [-0.2, -0.15) is 0 Å². The second kappa shape index (κ2) is 6.39. The Morgan fingerprint density at radius 1 is 1.21 bits per heavy atom. The van der Waals surface area contributed by atoms with Gasteiger partial charge in [-0.1, -0.05) is 42.8 Å². The van der Waals surface area contributed by atoms with Crippen LogP contribution in [-0.4, -0.2) is 4.98 Å². The first-order valence-corrected chi connectivity index (χ1v) is 6.64. The number of nitrogens with zero attached hydrogens (tertiary/aromatic N) is 1. The number of halogens is 1. The first kappa shape index (κ1) is 13.6. The van der Waals surface area contributed by atoms with Crippen molar-refractivity contribution < 1.29 is 0 Å². The molecule has 2 rings (SSSR count). The van der Waals surface area contributed by atoms with Gasteiger partial charge in [-0.3, -0.25) is 4.98 Å². The van der Waals surface area contributed by atoms with E-state index in [1.165, 1.54) is 0 Å². The Morgan fingerprint density at radius 2 is 1.95 bits per heavy atom. The maximum Gasteiger partial charge on any atom is 0.0745 e. The van der Waals surface area contributed by atoms with E-state index in [4.69, 9.17) is 11.6 Å². The first-order valence-electron chi connectivity index (χ1n) is 6.27. The van der Waals surface area contributed by atoms with Gasteiger partial charge in [-0.05, 0) is 30.2 Å². The Labute approximate surface area is 119 Å². The summed E-state index contributed by atoms with van der Waals surface area (Å²) >= 11 is 6.19. The zero-order valence-corrected chi connectivity index (χ0v) is 11.6. The van der Waals surface area contributed by atoms with Crippen LogP contribution in [0.25, 0.3) is 0 Å². The normalized spacial score (nSPS) is 13.6. The van der Waals surface area contributed by atoms with Gasteiger partial charge >= 0.3 is 0 Å². The van der Waals surface area contributed by atoms with Gasteiger partial charge in [-0.15, -0.1) is 6.58 Å². The molecule has 0 aliphatic rings. The molecule has 98 valence electrons. The molecular formula is C16H17ClN2. The van der Waals surface area contributed by atoms with Crippen molar-refractivity contribution in [1.82, 2.24) is 4.98 Å². The van der Waals surface area contributed by atoms with Gasteiger partial charge in [0.2, 0.25) is 0 Å². The summed E-state index contributed by atoms with van der Waals surface area (Å²) in [4.78, 5) is 4.42. The minimum Gasteiger partial charge on any atom is -0.375 e. The molecule has 0 amide bonds. The van der Waals surface area contributed by atoms with Crippen molar-refractivity contribution in [3.8, 4) is 0 Å². The second-order valence-corrected chi connectivity index (χ2v) is 4.86. The quantitative estimate of drug-likeness (QED) is 0.798. The van der Waals surface area contributed by atoms with Crippen LogP contribution in [0.15, 0.2) is 61.3 Å². The van der Waals surface area contributed by atoms with Crippen molar-refractivity contribution in [2.45, 2.75) is 13.0 Å². The number of rotatable bonds is 5. The third-order valence-electron chi connectivity index (χ3n) is 3.09. The topological polar surface area (TPSA) is 24.9 Å². The fraction of sp³-hybridized carbons (Fsp3) is 0.188. The van der Waals surface area contributed by atoms with Crippen LogP contribution in [0.2, 0.25) is 5.02 Å². The molecule has 0 radical (unpaired) electrons. The minimum absolute atomic E-state index is 0.0543. The predicted molar refractivity (Wildman–Crippen MR) is 81.4 cm³/mol. The van der Waals surface area contributed by atoms with E-state index in [1.807, 2.05) is 48.5 Å². The van der Waals surface area contributed by atoms with Crippen LogP contribution in [0.3, 0.4) is 0 Å². The zero-order valence-electron chi connectivity index (χ0n) is 10.9. The Balaban J connectivity index is 2.30. The molecule has 0 aliphatic heterocycles. The second-order valence-electron chi connectivity index (χ2n) is 4.45. The van der Waals surface area contributed by atoms with E-state index in [1.54, 1.807) is 6.20 Å². The molecule has 3 heteroatoms. The average Bonchev–Trinajstić information content (AvgIpc) is 2.46. The lowest BCUT2D eigenvalue weighted by molar-refractivity contribution is 0.590. The van der Waals surface area contributed by atoms with Crippen molar-refractivity contribution in [3.63, 3.8) is 0 Å². The standard InChI is InChI=1S/C16H17ClN2/c1-3-12(2)16(15-10-6-7-11-18-15)19-14-9-5-4-8-13(14)17/h3-12,16,19H,1H2,2H3. The third-order valence-corrected chi connectivity index (χ3v) is 3.42. The van der Waals surface area contributed by atoms with Crippen LogP contribution < -0.4 is 5.32 Å². The van der Waals surface area contributed by atoms with Crippen molar-refractivity contribution in [2.24, 2.45) is 5.92 Å². The molecule has 2 unspecified atom stereocenters. The highest BCUT2D eigenvalue weighted by Gasteiger charge is 2.18. The Morgan fingerprint density at radius 3 is 2.58 bits per heavy atom. The van der Waals surface area contributed by atoms with Crippen LogP contribution in [0, 0.1) is 5.92 Å². The molecule has 0 saturated carbocycles. The van der Waals surface area contributed by atoms with E-state index < -0.39 is 0 Å². The van der Waals surface area contributed by atoms with E-state index in [0.29, 0.717) is 5.02 Å². The van der Waals surface area contributed by atoms with Gasteiger partial charge in [0, 0.05) is 6.20 Å². The van der Waals surface area contributed by atoms with E-state index in [2.05, 4.69) is 23.8 Å². The molecule has 1 N–H and O–H groups in total. The fourth-order valence-corrected chi connectivity index (χ4v) is 2.11. The fourth-order valence-electron chi connectivity index (χ4n) is 1.92. The predicted octanol–water partition coefficient (Wildman–Crippen LogP) is 4.71. The third kappa shape index (κ3) is 3.36. The molecule has 2 nitrogen and oxygen atoms in total. The van der Waals surface area contributed by atoms with E-state index in [9.17, 15) is 0 Å². The summed E-state index contributed by atoms with van der Waals surface area (Å²) in [7, 11) is 0. The van der Waals surface area contributed by atoms with Gasteiger partial charge in [0.1, 0.15) is 0 Å². The Hall–Kier alpha value is -1.80. The van der Waals surface area contributed by atoms with Crippen LogP contribution in [0.4, 0.5) is 5.69 Å². The molecule has 1 heterocycles. The van der Waals surface area contributed by atoms with Crippen molar-refractivity contribution in [1.29, 1.82) is 0 Å². The van der Waals surface area contributed by atoms with Gasteiger partial charge in [-0.25, -0.2) is 0 Å². The number of para-hydroxylation sites is 1. The van der Waals surface area contributed by atoms with Gasteiger partial charge in [0.15, 0.2) is 0 Å². The molecule has 1 aromatic heterocycles. The Kier molecular flexibility index (Phi) is 4.58. The van der Waals surface area contributed by atoms with Crippen LogP contribution in [0.1, 0.15) is 18.7 Å². The zero-order chi connectivity index (χ0) is 13.7. The molecule has 0 fully saturated rings. The molecule has 0 aliphatic carbocycles. The summed E-state index contributed by atoms with van der Waals surface area (Å²) in [6, 6.07) is 13.7. The molecular weight excluding hydrogens is 256 g/mol. The summed E-state index contributed by atoms with van der Waals surface area (Å²) in [5.41, 5.74) is 1.89. The highest BCUT2D eigenvalue weighted by molar-refractivity contribution is 6.33. The summed E-state index contributed by atoms with van der Waals surface area (Å²) in [5.74, 6) is 0.242. The smallest absolute Gasteiger partial charge is 0.0745 e. The number of pyridine rings is 1. The average molecular weight is 273 g/mol. The molecule has 2 atom stereocenters. The molecule has 1 aromatic carbocycles. The number of aromatic nitrogens is 1. The SMILES string of the molecule is C=CC(C)C(Nc1ccccc1Cl)c1ccccn1. The van der Waals surface area contributed by atoms with E-state index >= 15 is 0 Å². The number of hydrogen-bond donors (Lipinski definition) is 1. The summed E-state index contributed by atoms with van der Waals surface area (Å²) < 4.78 is 0. The number of nitrogens with one attached hydrogen (secondary N) is 1. The van der Waals surface area contributed by atoms with Crippen LogP contribution >= 0.6 is 11.6 Å². The lowest BCUT2D eigenvalue weighted by Crippen LogP contribution is -2.18. The maximum absolute atomic E-state index is 6.19. The van der Waals surface area contributed by atoms with Crippen LogP contribution in [0.5, 0.6) is 0 Å². The first-order chi connectivity index (χ1) is 9.22. The number of benzene rings is 1. The summed E-state index contributed by atoms with van der Waals surface area (Å²) in [6.45, 7) is 5.98. The lowest BCUT2D eigenvalue weighted by atomic mass is 9.98. The maximum atomic E-state index is 6.19. The van der Waals surface area contributed by atoms with Crippen molar-refractivity contribution in [2.75, 3.05) is 5.32 Å². The molecule has 0 bridgehead atoms. The van der Waals surface area contributed by atoms with Gasteiger partial charge in [0.25, 0.3) is 0 Å². The van der Waals surface area contributed by atoms with Crippen molar-refractivity contribution in [3.05, 3.63) is 72.0 Å². The van der Waals surface area contributed by atoms with E-state index in [-0.39, 0.29) is 12.0 Å². The lowest BCUT2D eigenvalue weighted by Gasteiger charge is -2.24. The number of anilines is 1. The monoisotopic (exact) mass is 272 g/mol.